The molecule has 0 saturated carbocycles. The van der Waals surface area contributed by atoms with Crippen LogP contribution in [0.5, 0.6) is 0 Å². The van der Waals surface area contributed by atoms with Gasteiger partial charge in [-0.1, -0.05) is 13.8 Å². The van der Waals surface area contributed by atoms with Crippen LogP contribution in [0.15, 0.2) is 12.4 Å². The van der Waals surface area contributed by atoms with Crippen molar-refractivity contribution in [3.63, 3.8) is 0 Å². The Labute approximate surface area is 119 Å². The SMILES string of the molecule is COC(C)(C)CCNc1cc(C(C)C)nn2cnnc12. The van der Waals surface area contributed by atoms with E-state index in [1.54, 1.807) is 18.0 Å². The van der Waals surface area contributed by atoms with Crippen LogP contribution in [0.3, 0.4) is 0 Å². The molecular weight excluding hydrogens is 254 g/mol. The van der Waals surface area contributed by atoms with Gasteiger partial charge >= 0.3 is 0 Å². The fraction of sp³-hybridized carbons (Fsp3) is 0.643. The van der Waals surface area contributed by atoms with E-state index in [2.05, 4.69) is 54.4 Å². The van der Waals surface area contributed by atoms with Crippen LogP contribution in [0.2, 0.25) is 0 Å². The Balaban J connectivity index is 2.18. The van der Waals surface area contributed by atoms with Crippen LogP contribution in [-0.2, 0) is 4.74 Å². The van der Waals surface area contributed by atoms with E-state index in [1.165, 1.54) is 0 Å². The quantitative estimate of drug-likeness (QED) is 0.878. The number of fused-ring (bicyclic) bond motifs is 1. The number of aromatic nitrogens is 4. The first-order valence-electron chi connectivity index (χ1n) is 6.93. The third-order valence-electron chi connectivity index (χ3n) is 3.47. The maximum absolute atomic E-state index is 5.42. The number of hydrogen-bond donors (Lipinski definition) is 1. The van der Waals surface area contributed by atoms with Crippen LogP contribution in [0.25, 0.3) is 5.65 Å². The highest BCUT2D eigenvalue weighted by Crippen LogP contribution is 2.21. The molecule has 110 valence electrons. The van der Waals surface area contributed by atoms with E-state index in [0.717, 1.165) is 30.0 Å². The molecule has 0 amide bonds. The molecule has 0 aliphatic carbocycles. The Bertz CT molecular complexity index is 576. The summed E-state index contributed by atoms with van der Waals surface area (Å²) in [6.45, 7) is 9.21. The monoisotopic (exact) mass is 277 g/mol. The fourth-order valence-electron chi connectivity index (χ4n) is 1.86. The highest BCUT2D eigenvalue weighted by atomic mass is 16.5. The van der Waals surface area contributed by atoms with E-state index < -0.39 is 0 Å². The highest BCUT2D eigenvalue weighted by Gasteiger charge is 2.16. The number of nitrogens with zero attached hydrogens (tertiary/aromatic N) is 4. The Morgan fingerprint density at radius 3 is 2.80 bits per heavy atom. The van der Waals surface area contributed by atoms with Gasteiger partial charge in [0.1, 0.15) is 6.33 Å². The van der Waals surface area contributed by atoms with Crippen molar-refractivity contribution in [1.29, 1.82) is 0 Å². The maximum Gasteiger partial charge on any atom is 0.200 e. The van der Waals surface area contributed by atoms with Gasteiger partial charge in [-0.05, 0) is 32.3 Å². The molecule has 0 atom stereocenters. The Morgan fingerprint density at radius 1 is 1.40 bits per heavy atom. The number of anilines is 1. The summed E-state index contributed by atoms with van der Waals surface area (Å²) in [7, 11) is 1.74. The largest absolute Gasteiger partial charge is 0.382 e. The predicted octanol–water partition coefficient (Wildman–Crippen LogP) is 2.47. The fourth-order valence-corrected chi connectivity index (χ4v) is 1.86. The number of ether oxygens (including phenoxy) is 1. The lowest BCUT2D eigenvalue weighted by atomic mass is 10.1. The zero-order valence-electron chi connectivity index (χ0n) is 12.8. The average molecular weight is 277 g/mol. The van der Waals surface area contributed by atoms with Crippen LogP contribution in [0.1, 0.15) is 45.7 Å². The van der Waals surface area contributed by atoms with Gasteiger partial charge in [0.15, 0.2) is 0 Å². The molecule has 2 aromatic heterocycles. The first kappa shape index (κ1) is 14.7. The highest BCUT2D eigenvalue weighted by molar-refractivity contribution is 5.66. The van der Waals surface area contributed by atoms with Crippen molar-refractivity contribution in [3.05, 3.63) is 18.1 Å². The van der Waals surface area contributed by atoms with Crippen LogP contribution < -0.4 is 5.32 Å². The minimum absolute atomic E-state index is 0.134. The van der Waals surface area contributed by atoms with Gasteiger partial charge in [-0.3, -0.25) is 0 Å². The molecule has 2 aromatic rings. The number of methoxy groups -OCH3 is 1. The summed E-state index contributed by atoms with van der Waals surface area (Å²) >= 11 is 0. The molecule has 0 unspecified atom stereocenters. The predicted molar refractivity (Wildman–Crippen MR) is 79.1 cm³/mol. The maximum atomic E-state index is 5.42. The Kier molecular flexibility index (Phi) is 4.23. The van der Waals surface area contributed by atoms with Crippen molar-refractivity contribution >= 4 is 11.3 Å². The second-order valence-corrected chi connectivity index (χ2v) is 5.88. The minimum Gasteiger partial charge on any atom is -0.382 e. The molecule has 0 aliphatic rings. The molecule has 0 radical (unpaired) electrons. The molecule has 0 saturated heterocycles. The molecular formula is C14H23N5O. The lowest BCUT2D eigenvalue weighted by molar-refractivity contribution is 0.0185. The summed E-state index contributed by atoms with van der Waals surface area (Å²) in [5, 5.41) is 15.9. The van der Waals surface area contributed by atoms with Crippen LogP contribution in [0, 0.1) is 0 Å². The first-order chi connectivity index (χ1) is 9.43. The summed E-state index contributed by atoms with van der Waals surface area (Å²) in [6.07, 6.45) is 2.54. The molecule has 20 heavy (non-hydrogen) atoms. The van der Waals surface area contributed by atoms with Gasteiger partial charge in [-0.2, -0.15) is 9.61 Å². The third-order valence-corrected chi connectivity index (χ3v) is 3.47. The summed E-state index contributed by atoms with van der Waals surface area (Å²) in [4.78, 5) is 0. The van der Waals surface area contributed by atoms with Crippen LogP contribution >= 0.6 is 0 Å². The minimum atomic E-state index is -0.134. The number of nitrogens with one attached hydrogen (secondary N) is 1. The van der Waals surface area contributed by atoms with Crippen molar-refractivity contribution in [1.82, 2.24) is 19.8 Å². The van der Waals surface area contributed by atoms with E-state index in [4.69, 9.17) is 4.74 Å². The molecule has 0 spiro atoms. The normalized spacial score (nSPS) is 12.3. The average Bonchev–Trinajstić information content (AvgIpc) is 2.86. The van der Waals surface area contributed by atoms with Crippen molar-refractivity contribution < 1.29 is 4.74 Å². The lowest BCUT2D eigenvalue weighted by Crippen LogP contribution is -2.26. The summed E-state index contributed by atoms with van der Waals surface area (Å²) in [5.41, 5.74) is 2.61. The lowest BCUT2D eigenvalue weighted by Gasteiger charge is -2.23. The molecule has 0 bridgehead atoms. The molecule has 0 aliphatic heterocycles. The summed E-state index contributed by atoms with van der Waals surface area (Å²) in [5.74, 6) is 0.359. The zero-order valence-corrected chi connectivity index (χ0v) is 12.8. The standard InChI is InChI=1S/C14H23N5O/c1-10(2)11-8-12(13-17-16-9-19(13)18-11)15-7-6-14(3,4)20-5/h8-10,15H,6-7H2,1-5H3. The van der Waals surface area contributed by atoms with Crippen molar-refractivity contribution in [3.8, 4) is 0 Å². The molecule has 6 nitrogen and oxygen atoms in total. The van der Waals surface area contributed by atoms with Gasteiger partial charge in [0, 0.05) is 13.7 Å². The van der Waals surface area contributed by atoms with E-state index in [-0.39, 0.29) is 5.60 Å². The number of hydrogen-bond acceptors (Lipinski definition) is 5. The second kappa shape index (κ2) is 5.75. The van der Waals surface area contributed by atoms with E-state index in [1.807, 2.05) is 0 Å². The number of rotatable bonds is 6. The second-order valence-electron chi connectivity index (χ2n) is 5.88. The summed E-state index contributed by atoms with van der Waals surface area (Å²) in [6, 6.07) is 2.05. The summed E-state index contributed by atoms with van der Waals surface area (Å²) < 4.78 is 7.15. The van der Waals surface area contributed by atoms with Crippen LogP contribution in [0.4, 0.5) is 5.69 Å². The zero-order chi connectivity index (χ0) is 14.8. The van der Waals surface area contributed by atoms with Gasteiger partial charge < -0.3 is 10.1 Å². The van der Waals surface area contributed by atoms with Crippen LogP contribution in [-0.4, -0.2) is 39.1 Å². The molecule has 0 aromatic carbocycles. The Hall–Kier alpha value is -1.69. The van der Waals surface area contributed by atoms with E-state index in [9.17, 15) is 0 Å². The van der Waals surface area contributed by atoms with Gasteiger partial charge in [-0.25, -0.2) is 0 Å². The van der Waals surface area contributed by atoms with Gasteiger partial charge in [0.2, 0.25) is 5.65 Å². The molecule has 1 N–H and O–H groups in total. The van der Waals surface area contributed by atoms with Crippen molar-refractivity contribution in [2.75, 3.05) is 19.0 Å². The molecule has 2 heterocycles. The smallest absolute Gasteiger partial charge is 0.200 e. The van der Waals surface area contributed by atoms with Gasteiger partial charge in [0.25, 0.3) is 0 Å². The van der Waals surface area contributed by atoms with E-state index in [0.29, 0.717) is 5.92 Å². The Morgan fingerprint density at radius 2 is 2.15 bits per heavy atom. The molecule has 0 fully saturated rings. The van der Waals surface area contributed by atoms with Gasteiger partial charge in [0.05, 0.1) is 17.0 Å². The molecule has 2 rings (SSSR count). The van der Waals surface area contributed by atoms with Crippen molar-refractivity contribution in [2.45, 2.75) is 45.6 Å². The first-order valence-corrected chi connectivity index (χ1v) is 6.93. The van der Waals surface area contributed by atoms with E-state index >= 15 is 0 Å². The molecule has 6 heteroatoms. The van der Waals surface area contributed by atoms with Crippen molar-refractivity contribution in [2.24, 2.45) is 0 Å². The third kappa shape index (κ3) is 3.25. The van der Waals surface area contributed by atoms with Gasteiger partial charge in [-0.15, -0.1) is 10.2 Å². The topological polar surface area (TPSA) is 64.3 Å².